The minimum absolute atomic E-state index is 0.0853. The Bertz CT molecular complexity index is 780. The Morgan fingerprint density at radius 3 is 2.81 bits per heavy atom. The number of amidine groups is 1. The summed E-state index contributed by atoms with van der Waals surface area (Å²) in [7, 11) is 0. The summed E-state index contributed by atoms with van der Waals surface area (Å²) in [4.78, 5) is 30.4. The highest BCUT2D eigenvalue weighted by molar-refractivity contribution is 8.18. The SMILES string of the molecule is C=CCOc1ccccc1/C=C1/SC(N2CCC(C(N)=O)CC2)=NC1=O. The van der Waals surface area contributed by atoms with Crippen molar-refractivity contribution in [2.75, 3.05) is 19.7 Å². The zero-order valence-corrected chi connectivity index (χ0v) is 15.2. The summed E-state index contributed by atoms with van der Waals surface area (Å²) in [5, 5.41) is 0.689. The molecule has 2 amide bonds. The molecular weight excluding hydrogens is 350 g/mol. The maximum Gasteiger partial charge on any atom is 0.286 e. The normalized spacial score (nSPS) is 19.5. The van der Waals surface area contributed by atoms with Crippen LogP contribution in [0.1, 0.15) is 18.4 Å². The molecule has 136 valence electrons. The van der Waals surface area contributed by atoms with Gasteiger partial charge in [-0.15, -0.1) is 0 Å². The molecule has 26 heavy (non-hydrogen) atoms. The molecule has 0 bridgehead atoms. The minimum atomic E-state index is -0.251. The van der Waals surface area contributed by atoms with Crippen molar-refractivity contribution in [1.29, 1.82) is 0 Å². The van der Waals surface area contributed by atoms with Gasteiger partial charge in [-0.2, -0.15) is 4.99 Å². The zero-order valence-electron chi connectivity index (χ0n) is 14.4. The van der Waals surface area contributed by atoms with Crippen LogP contribution in [0.25, 0.3) is 6.08 Å². The van der Waals surface area contributed by atoms with Gasteiger partial charge in [0.2, 0.25) is 5.91 Å². The van der Waals surface area contributed by atoms with Crippen LogP contribution in [0.15, 0.2) is 46.8 Å². The third-order valence-electron chi connectivity index (χ3n) is 4.34. The Balaban J connectivity index is 1.70. The van der Waals surface area contributed by atoms with Crippen molar-refractivity contribution < 1.29 is 14.3 Å². The molecule has 0 atom stereocenters. The van der Waals surface area contributed by atoms with E-state index in [1.165, 1.54) is 11.8 Å². The van der Waals surface area contributed by atoms with Gasteiger partial charge in [-0.3, -0.25) is 9.59 Å². The first-order chi connectivity index (χ1) is 12.6. The molecule has 0 aromatic heterocycles. The summed E-state index contributed by atoms with van der Waals surface area (Å²) in [6, 6.07) is 7.54. The topological polar surface area (TPSA) is 85.0 Å². The molecule has 6 nitrogen and oxygen atoms in total. The Morgan fingerprint density at radius 2 is 2.12 bits per heavy atom. The average molecular weight is 371 g/mol. The molecule has 2 N–H and O–H groups in total. The van der Waals surface area contributed by atoms with Gasteiger partial charge in [0, 0.05) is 24.6 Å². The molecule has 2 heterocycles. The third-order valence-corrected chi connectivity index (χ3v) is 5.38. The number of nitrogens with zero attached hydrogens (tertiary/aromatic N) is 2. The van der Waals surface area contributed by atoms with Crippen molar-refractivity contribution in [3.8, 4) is 5.75 Å². The second-order valence-electron chi connectivity index (χ2n) is 6.11. The molecule has 1 aromatic rings. The summed E-state index contributed by atoms with van der Waals surface area (Å²) in [5.41, 5.74) is 6.20. The van der Waals surface area contributed by atoms with Gasteiger partial charge in [0.15, 0.2) is 5.17 Å². The van der Waals surface area contributed by atoms with Crippen molar-refractivity contribution in [1.82, 2.24) is 4.90 Å². The Morgan fingerprint density at radius 1 is 1.38 bits per heavy atom. The first kappa shape index (κ1) is 18.3. The van der Waals surface area contributed by atoms with Crippen molar-refractivity contribution in [3.63, 3.8) is 0 Å². The Hall–Kier alpha value is -2.54. The quantitative estimate of drug-likeness (QED) is 0.635. The number of nitrogens with two attached hydrogens (primary N) is 1. The number of thioether (sulfide) groups is 1. The van der Waals surface area contributed by atoms with E-state index >= 15 is 0 Å². The van der Waals surface area contributed by atoms with Crippen LogP contribution >= 0.6 is 11.8 Å². The molecule has 7 heteroatoms. The van der Waals surface area contributed by atoms with Crippen molar-refractivity contribution in [2.45, 2.75) is 12.8 Å². The standard InChI is InChI=1S/C19H21N3O3S/c1-2-11-25-15-6-4-3-5-14(15)12-16-18(24)21-19(26-16)22-9-7-13(8-10-22)17(20)23/h2-6,12-13H,1,7-11H2,(H2,20,23)/b16-12+. The fourth-order valence-corrected chi connectivity index (χ4v) is 3.87. The van der Waals surface area contributed by atoms with Crippen LogP contribution in [0.5, 0.6) is 5.75 Å². The van der Waals surface area contributed by atoms with Crippen molar-refractivity contribution in [2.24, 2.45) is 16.6 Å². The molecule has 1 saturated heterocycles. The number of hydrogen-bond acceptors (Lipinski definition) is 5. The second kappa shape index (κ2) is 8.23. The van der Waals surface area contributed by atoms with Crippen LogP contribution in [0, 0.1) is 5.92 Å². The molecule has 2 aliphatic rings. The molecule has 0 spiro atoms. The molecular formula is C19H21N3O3S. The number of carbonyl (C=O) groups is 2. The van der Waals surface area contributed by atoms with Crippen LogP contribution in [-0.4, -0.2) is 41.6 Å². The number of likely N-dealkylation sites (tertiary alicyclic amines) is 1. The maximum absolute atomic E-state index is 12.3. The van der Waals surface area contributed by atoms with E-state index in [-0.39, 0.29) is 17.7 Å². The maximum atomic E-state index is 12.3. The zero-order chi connectivity index (χ0) is 18.5. The minimum Gasteiger partial charge on any atom is -0.489 e. The van der Waals surface area contributed by atoms with Gasteiger partial charge >= 0.3 is 0 Å². The van der Waals surface area contributed by atoms with E-state index in [2.05, 4.69) is 11.6 Å². The predicted molar refractivity (Wildman–Crippen MR) is 104 cm³/mol. The second-order valence-corrected chi connectivity index (χ2v) is 7.12. The largest absolute Gasteiger partial charge is 0.489 e. The van der Waals surface area contributed by atoms with Crippen LogP contribution in [0.2, 0.25) is 0 Å². The molecule has 1 aromatic carbocycles. The van der Waals surface area contributed by atoms with E-state index in [9.17, 15) is 9.59 Å². The highest BCUT2D eigenvalue weighted by atomic mass is 32.2. The van der Waals surface area contributed by atoms with E-state index in [0.29, 0.717) is 48.4 Å². The number of ether oxygens (including phenoxy) is 1. The molecule has 3 rings (SSSR count). The lowest BCUT2D eigenvalue weighted by Crippen LogP contribution is -2.40. The van der Waals surface area contributed by atoms with Gasteiger partial charge < -0.3 is 15.4 Å². The Kier molecular flexibility index (Phi) is 5.78. The molecule has 2 aliphatic heterocycles. The van der Waals surface area contributed by atoms with Gasteiger partial charge in [-0.05, 0) is 36.7 Å². The van der Waals surface area contributed by atoms with E-state index in [1.807, 2.05) is 29.2 Å². The van der Waals surface area contributed by atoms with Crippen LogP contribution < -0.4 is 10.5 Å². The molecule has 0 unspecified atom stereocenters. The lowest BCUT2D eigenvalue weighted by Gasteiger charge is -2.31. The van der Waals surface area contributed by atoms with Gasteiger partial charge in [0.05, 0.1) is 4.91 Å². The number of para-hydroxylation sites is 1. The van der Waals surface area contributed by atoms with Crippen LogP contribution in [-0.2, 0) is 9.59 Å². The van der Waals surface area contributed by atoms with Crippen molar-refractivity contribution in [3.05, 3.63) is 47.4 Å². The number of aliphatic imine (C=N–C) groups is 1. The monoisotopic (exact) mass is 371 g/mol. The Labute approximate surface area is 156 Å². The summed E-state index contributed by atoms with van der Waals surface area (Å²) < 4.78 is 5.63. The molecule has 0 radical (unpaired) electrons. The van der Waals surface area contributed by atoms with Crippen LogP contribution in [0.3, 0.4) is 0 Å². The van der Waals surface area contributed by atoms with Gasteiger partial charge in [0.25, 0.3) is 5.91 Å². The third kappa shape index (κ3) is 4.16. The average Bonchev–Trinajstić information content (AvgIpc) is 3.01. The van der Waals surface area contributed by atoms with E-state index in [1.54, 1.807) is 12.2 Å². The van der Waals surface area contributed by atoms with Gasteiger partial charge in [-0.1, -0.05) is 30.9 Å². The highest BCUT2D eigenvalue weighted by Gasteiger charge is 2.30. The first-order valence-corrected chi connectivity index (χ1v) is 9.29. The summed E-state index contributed by atoms with van der Waals surface area (Å²) in [6.07, 6.45) is 4.87. The summed E-state index contributed by atoms with van der Waals surface area (Å²) >= 11 is 1.36. The molecule has 0 aliphatic carbocycles. The summed E-state index contributed by atoms with van der Waals surface area (Å²) in [5.74, 6) is 0.112. The smallest absolute Gasteiger partial charge is 0.286 e. The number of carbonyl (C=O) groups excluding carboxylic acids is 2. The first-order valence-electron chi connectivity index (χ1n) is 8.48. The fraction of sp³-hybridized carbons (Fsp3) is 0.316. The number of primary amides is 1. The van der Waals surface area contributed by atoms with Gasteiger partial charge in [0.1, 0.15) is 12.4 Å². The van der Waals surface area contributed by atoms with Gasteiger partial charge in [-0.25, -0.2) is 0 Å². The number of benzene rings is 1. The highest BCUT2D eigenvalue weighted by Crippen LogP contribution is 2.33. The number of piperidine rings is 1. The molecule has 0 saturated carbocycles. The number of rotatable bonds is 5. The van der Waals surface area contributed by atoms with E-state index in [0.717, 1.165) is 5.56 Å². The lowest BCUT2D eigenvalue weighted by atomic mass is 9.97. The van der Waals surface area contributed by atoms with E-state index in [4.69, 9.17) is 10.5 Å². The number of amides is 2. The van der Waals surface area contributed by atoms with Crippen molar-refractivity contribution >= 4 is 34.8 Å². The molecule has 1 fully saturated rings. The lowest BCUT2D eigenvalue weighted by molar-refractivity contribution is -0.123. The fourth-order valence-electron chi connectivity index (χ4n) is 2.91. The predicted octanol–water partition coefficient (Wildman–Crippen LogP) is 2.42. The number of hydrogen-bond donors (Lipinski definition) is 1. The van der Waals surface area contributed by atoms with E-state index < -0.39 is 0 Å². The summed E-state index contributed by atoms with van der Waals surface area (Å²) in [6.45, 7) is 5.41. The van der Waals surface area contributed by atoms with Crippen LogP contribution in [0.4, 0.5) is 0 Å².